The highest BCUT2D eigenvalue weighted by molar-refractivity contribution is 5.92. The van der Waals surface area contributed by atoms with Gasteiger partial charge in [-0.1, -0.05) is 12.1 Å². The Balaban J connectivity index is 1.96. The summed E-state index contributed by atoms with van der Waals surface area (Å²) in [6.07, 6.45) is 3.20. The summed E-state index contributed by atoms with van der Waals surface area (Å²) in [5, 5.41) is 10.6. The minimum absolute atomic E-state index is 0.140. The molecule has 0 bridgehead atoms. The monoisotopic (exact) mass is 570 g/mol. The molecule has 2 rings (SSSR count). The van der Waals surface area contributed by atoms with Crippen molar-refractivity contribution in [1.29, 1.82) is 0 Å². The van der Waals surface area contributed by atoms with Crippen molar-refractivity contribution in [3.63, 3.8) is 0 Å². The largest absolute Gasteiger partial charge is 0.467 e. The van der Waals surface area contributed by atoms with Gasteiger partial charge in [0, 0.05) is 25.5 Å². The molecule has 0 fully saturated rings. The molecule has 2 aromatic heterocycles. The minimum atomic E-state index is -1.06. The third kappa shape index (κ3) is 12.4. The molecule has 0 aliphatic carbocycles. The number of amides is 4. The lowest BCUT2D eigenvalue weighted by atomic mass is 10.1. The Labute approximate surface area is 239 Å². The summed E-state index contributed by atoms with van der Waals surface area (Å²) < 4.78 is 10.1. The number of rotatable bonds is 14. The highest BCUT2D eigenvalue weighted by Crippen LogP contribution is 2.09. The molecular weight excluding hydrogens is 532 g/mol. The SMILES string of the molecule is COC(=O)[C@H](CCCNC(=O)c1ccccn1)NC(=O)[C@@H](CCCNC(=O)c1ccccn1)NC(=O)OC(C)(C)C. The van der Waals surface area contributed by atoms with Gasteiger partial charge in [0.15, 0.2) is 0 Å². The van der Waals surface area contributed by atoms with E-state index in [0.717, 1.165) is 0 Å². The summed E-state index contributed by atoms with van der Waals surface area (Å²) in [6.45, 7) is 5.51. The first-order valence-corrected chi connectivity index (χ1v) is 13.3. The van der Waals surface area contributed by atoms with Gasteiger partial charge in [0.2, 0.25) is 5.91 Å². The average molecular weight is 571 g/mol. The molecule has 13 heteroatoms. The van der Waals surface area contributed by atoms with Crippen molar-refractivity contribution in [2.75, 3.05) is 20.2 Å². The molecule has 0 aliphatic heterocycles. The van der Waals surface area contributed by atoms with Gasteiger partial charge in [-0.3, -0.25) is 24.4 Å². The average Bonchev–Trinajstić information content (AvgIpc) is 2.95. The number of esters is 1. The van der Waals surface area contributed by atoms with Crippen LogP contribution in [0.1, 0.15) is 67.4 Å². The molecule has 0 aliphatic rings. The van der Waals surface area contributed by atoms with E-state index in [1.165, 1.54) is 19.5 Å². The van der Waals surface area contributed by atoms with E-state index in [4.69, 9.17) is 9.47 Å². The van der Waals surface area contributed by atoms with E-state index >= 15 is 0 Å². The minimum Gasteiger partial charge on any atom is -0.467 e. The quantitative estimate of drug-likeness (QED) is 0.195. The maximum absolute atomic E-state index is 13.2. The highest BCUT2D eigenvalue weighted by atomic mass is 16.6. The van der Waals surface area contributed by atoms with E-state index in [-0.39, 0.29) is 49.1 Å². The fourth-order valence-electron chi connectivity index (χ4n) is 3.57. The number of methoxy groups -OCH3 is 1. The molecule has 4 amide bonds. The topological polar surface area (TPSA) is 178 Å². The standard InChI is InChI=1S/C28H38N6O7/c1-28(2,3)41-27(39)34-21(13-9-17-31-23(35)19-11-5-7-15-29-19)25(37)33-22(26(38)40-4)14-10-18-32-24(36)20-12-6-8-16-30-20/h5-8,11-12,15-16,21-22H,9-10,13-14,17-18H2,1-4H3,(H,31,35)(H,32,36)(H,33,37)(H,34,39)/t21-,22+/m1/s1. The van der Waals surface area contributed by atoms with Crippen molar-refractivity contribution < 1.29 is 33.4 Å². The van der Waals surface area contributed by atoms with Gasteiger partial charge in [-0.2, -0.15) is 0 Å². The van der Waals surface area contributed by atoms with Gasteiger partial charge >= 0.3 is 12.1 Å². The summed E-state index contributed by atoms with van der Waals surface area (Å²) in [6, 6.07) is 7.85. The van der Waals surface area contributed by atoms with E-state index in [1.807, 2.05) is 0 Å². The summed E-state index contributed by atoms with van der Waals surface area (Å²) in [5.41, 5.74) is -0.279. The Morgan fingerprint density at radius 3 is 1.73 bits per heavy atom. The van der Waals surface area contributed by atoms with Gasteiger partial charge in [0.05, 0.1) is 7.11 Å². The maximum Gasteiger partial charge on any atom is 0.408 e. The number of alkyl carbamates (subject to hydrolysis) is 1. The molecule has 0 saturated heterocycles. The molecule has 0 unspecified atom stereocenters. The third-order valence-electron chi connectivity index (χ3n) is 5.51. The first-order valence-electron chi connectivity index (χ1n) is 13.3. The van der Waals surface area contributed by atoms with Gasteiger partial charge in [-0.05, 0) is 70.7 Å². The molecule has 0 spiro atoms. The fraction of sp³-hybridized carbons (Fsp3) is 0.464. The van der Waals surface area contributed by atoms with E-state index in [0.29, 0.717) is 12.8 Å². The van der Waals surface area contributed by atoms with Crippen LogP contribution in [0.15, 0.2) is 48.8 Å². The Morgan fingerprint density at radius 1 is 0.780 bits per heavy atom. The van der Waals surface area contributed by atoms with Crippen molar-refractivity contribution in [3.05, 3.63) is 60.2 Å². The van der Waals surface area contributed by atoms with Crippen LogP contribution in [-0.2, 0) is 19.1 Å². The Hall–Kier alpha value is -4.55. The number of ether oxygens (including phenoxy) is 2. The predicted molar refractivity (Wildman–Crippen MR) is 149 cm³/mol. The Kier molecular flexibility index (Phi) is 13.2. The third-order valence-corrected chi connectivity index (χ3v) is 5.51. The molecule has 0 saturated carbocycles. The van der Waals surface area contributed by atoms with Gasteiger partial charge in [-0.25, -0.2) is 9.59 Å². The van der Waals surface area contributed by atoms with Crippen LogP contribution in [0, 0.1) is 0 Å². The number of carbonyl (C=O) groups is 5. The van der Waals surface area contributed by atoms with Gasteiger partial charge in [-0.15, -0.1) is 0 Å². The summed E-state index contributed by atoms with van der Waals surface area (Å²) >= 11 is 0. The molecule has 2 heterocycles. The summed E-state index contributed by atoms with van der Waals surface area (Å²) in [5.74, 6) is -2.03. The molecule has 4 N–H and O–H groups in total. The predicted octanol–water partition coefficient (Wildman–Crippen LogP) is 1.75. The maximum atomic E-state index is 13.2. The van der Waals surface area contributed by atoms with Crippen molar-refractivity contribution >= 4 is 29.8 Å². The normalized spacial score (nSPS) is 12.3. The fourth-order valence-corrected chi connectivity index (χ4v) is 3.57. The van der Waals surface area contributed by atoms with Gasteiger partial charge < -0.3 is 30.7 Å². The van der Waals surface area contributed by atoms with Crippen LogP contribution in [0.25, 0.3) is 0 Å². The summed E-state index contributed by atoms with van der Waals surface area (Å²) in [4.78, 5) is 70.4. The second-order valence-corrected chi connectivity index (χ2v) is 10.0. The van der Waals surface area contributed by atoms with Crippen LogP contribution in [0.3, 0.4) is 0 Å². The van der Waals surface area contributed by atoms with Crippen LogP contribution in [0.4, 0.5) is 4.79 Å². The molecule has 222 valence electrons. The van der Waals surface area contributed by atoms with E-state index in [1.54, 1.807) is 57.2 Å². The lowest BCUT2D eigenvalue weighted by molar-refractivity contribution is -0.145. The van der Waals surface area contributed by atoms with Crippen LogP contribution < -0.4 is 21.3 Å². The van der Waals surface area contributed by atoms with Gasteiger partial charge in [0.25, 0.3) is 11.8 Å². The zero-order valence-corrected chi connectivity index (χ0v) is 23.8. The summed E-state index contributed by atoms with van der Waals surface area (Å²) in [7, 11) is 1.20. The van der Waals surface area contributed by atoms with Crippen LogP contribution >= 0.6 is 0 Å². The lowest BCUT2D eigenvalue weighted by Gasteiger charge is -2.25. The molecule has 0 aromatic carbocycles. The molecule has 2 atom stereocenters. The van der Waals surface area contributed by atoms with Crippen LogP contribution in [-0.4, -0.2) is 77.6 Å². The van der Waals surface area contributed by atoms with E-state index in [2.05, 4.69) is 31.2 Å². The highest BCUT2D eigenvalue weighted by Gasteiger charge is 2.28. The Bertz CT molecular complexity index is 1160. The van der Waals surface area contributed by atoms with Crippen molar-refractivity contribution in [3.8, 4) is 0 Å². The number of hydrogen-bond donors (Lipinski definition) is 4. The number of carbonyl (C=O) groups excluding carboxylic acids is 5. The van der Waals surface area contributed by atoms with E-state index in [9.17, 15) is 24.0 Å². The number of aromatic nitrogens is 2. The Morgan fingerprint density at radius 2 is 1.29 bits per heavy atom. The smallest absolute Gasteiger partial charge is 0.408 e. The van der Waals surface area contributed by atoms with E-state index < -0.39 is 35.7 Å². The first kappa shape index (κ1) is 32.7. The molecule has 13 nitrogen and oxygen atoms in total. The number of hydrogen-bond acceptors (Lipinski definition) is 9. The second-order valence-electron chi connectivity index (χ2n) is 10.0. The van der Waals surface area contributed by atoms with Crippen LogP contribution in [0.2, 0.25) is 0 Å². The zero-order valence-electron chi connectivity index (χ0n) is 23.8. The molecular formula is C28H38N6O7. The van der Waals surface area contributed by atoms with Crippen molar-refractivity contribution in [2.45, 2.75) is 64.1 Å². The number of nitrogens with one attached hydrogen (secondary N) is 4. The van der Waals surface area contributed by atoms with Crippen LogP contribution in [0.5, 0.6) is 0 Å². The van der Waals surface area contributed by atoms with Gasteiger partial charge in [0.1, 0.15) is 29.1 Å². The zero-order chi connectivity index (χ0) is 30.3. The van der Waals surface area contributed by atoms with Crippen molar-refractivity contribution in [1.82, 2.24) is 31.2 Å². The number of pyridine rings is 2. The first-order chi connectivity index (χ1) is 19.5. The molecule has 41 heavy (non-hydrogen) atoms. The molecule has 0 radical (unpaired) electrons. The van der Waals surface area contributed by atoms with Crippen molar-refractivity contribution in [2.24, 2.45) is 0 Å². The second kappa shape index (κ2) is 16.5. The molecule has 2 aromatic rings. The lowest BCUT2D eigenvalue weighted by Crippen LogP contribution is -2.52. The number of nitrogens with zero attached hydrogens (tertiary/aromatic N) is 2.